The molecule has 3 atom stereocenters. The SMILES string of the molecule is CN(C(=O)N1CCC(CC(=O)N(c2ccccc2)C2CCCOC2)CC1C(=O)O)c1ccc(C2CC2)cc1. The number of hydrogen-bond donors (Lipinski definition) is 1. The average Bonchev–Trinajstić information content (AvgIpc) is 3.79. The van der Waals surface area contributed by atoms with Crippen LogP contribution in [0.3, 0.4) is 0 Å². The summed E-state index contributed by atoms with van der Waals surface area (Å²) in [4.78, 5) is 44.1. The maximum absolute atomic E-state index is 13.6. The van der Waals surface area contributed by atoms with Crippen molar-refractivity contribution in [2.24, 2.45) is 5.92 Å². The van der Waals surface area contributed by atoms with Crippen molar-refractivity contribution in [2.45, 2.75) is 62.9 Å². The van der Waals surface area contributed by atoms with Gasteiger partial charge in [-0.2, -0.15) is 0 Å². The summed E-state index contributed by atoms with van der Waals surface area (Å²) < 4.78 is 5.67. The van der Waals surface area contributed by atoms with Gasteiger partial charge in [-0.1, -0.05) is 30.3 Å². The summed E-state index contributed by atoms with van der Waals surface area (Å²) in [5.41, 5.74) is 2.87. The van der Waals surface area contributed by atoms with E-state index in [4.69, 9.17) is 4.74 Å². The number of carbonyl (C=O) groups excluding carboxylic acids is 2. The Morgan fingerprint density at radius 3 is 2.34 bits per heavy atom. The fourth-order valence-corrected chi connectivity index (χ4v) is 5.80. The van der Waals surface area contributed by atoms with E-state index in [1.807, 2.05) is 47.4 Å². The van der Waals surface area contributed by atoms with Crippen molar-refractivity contribution in [2.75, 3.05) is 36.6 Å². The van der Waals surface area contributed by atoms with E-state index in [1.54, 1.807) is 7.05 Å². The first-order chi connectivity index (χ1) is 18.4. The van der Waals surface area contributed by atoms with Crippen molar-refractivity contribution in [3.05, 3.63) is 60.2 Å². The third-order valence-electron chi connectivity index (χ3n) is 8.13. The number of carboxylic acids is 1. The van der Waals surface area contributed by atoms with Crippen molar-refractivity contribution >= 4 is 29.3 Å². The van der Waals surface area contributed by atoms with E-state index in [9.17, 15) is 19.5 Å². The normalized spacial score (nSPS) is 23.5. The number of urea groups is 1. The maximum atomic E-state index is 13.6. The fraction of sp³-hybridized carbons (Fsp3) is 0.500. The first-order valence-corrected chi connectivity index (χ1v) is 13.7. The predicted octanol–water partition coefficient (Wildman–Crippen LogP) is 4.89. The molecule has 0 aromatic heterocycles. The molecular formula is C30H37N3O5. The molecular weight excluding hydrogens is 482 g/mol. The summed E-state index contributed by atoms with van der Waals surface area (Å²) in [5.74, 6) is -0.541. The van der Waals surface area contributed by atoms with Gasteiger partial charge in [0.2, 0.25) is 5.91 Å². The van der Waals surface area contributed by atoms with E-state index in [0.717, 1.165) is 24.2 Å². The molecule has 38 heavy (non-hydrogen) atoms. The Kier molecular flexibility index (Phi) is 7.98. The quantitative estimate of drug-likeness (QED) is 0.563. The third-order valence-corrected chi connectivity index (χ3v) is 8.13. The molecule has 8 nitrogen and oxygen atoms in total. The molecule has 2 aromatic rings. The lowest BCUT2D eigenvalue weighted by atomic mass is 9.87. The molecule has 1 N–H and O–H groups in total. The highest BCUT2D eigenvalue weighted by molar-refractivity contribution is 5.95. The number of amides is 3. The van der Waals surface area contributed by atoms with Gasteiger partial charge in [0.25, 0.3) is 0 Å². The van der Waals surface area contributed by atoms with Crippen LogP contribution in [-0.4, -0.2) is 66.8 Å². The first kappa shape index (κ1) is 26.2. The number of piperidine rings is 1. The van der Waals surface area contributed by atoms with Gasteiger partial charge in [-0.15, -0.1) is 0 Å². The molecule has 0 radical (unpaired) electrons. The Hall–Kier alpha value is -3.39. The van der Waals surface area contributed by atoms with Crippen molar-refractivity contribution in [3.8, 4) is 0 Å². The summed E-state index contributed by atoms with van der Waals surface area (Å²) in [5, 5.41) is 10.0. The summed E-state index contributed by atoms with van der Waals surface area (Å²) in [6, 6.07) is 16.3. The highest BCUT2D eigenvalue weighted by Crippen LogP contribution is 2.40. The molecule has 0 bridgehead atoms. The number of aliphatic carboxylic acids is 1. The number of benzene rings is 2. The zero-order chi connectivity index (χ0) is 26.6. The highest BCUT2D eigenvalue weighted by Gasteiger charge is 2.39. The molecule has 1 aliphatic carbocycles. The lowest BCUT2D eigenvalue weighted by molar-refractivity contribution is -0.144. The molecule has 202 valence electrons. The monoisotopic (exact) mass is 519 g/mol. The molecule has 8 heteroatoms. The number of carboxylic acid groups (broad SMARTS) is 1. The maximum Gasteiger partial charge on any atom is 0.326 e. The molecule has 3 fully saturated rings. The Balaban J connectivity index is 1.25. The number of anilines is 2. The second-order valence-corrected chi connectivity index (χ2v) is 10.8. The summed E-state index contributed by atoms with van der Waals surface area (Å²) in [6.07, 6.45) is 5.28. The number of carbonyl (C=O) groups is 3. The van der Waals surface area contributed by atoms with E-state index >= 15 is 0 Å². The zero-order valence-electron chi connectivity index (χ0n) is 22.0. The standard InChI is InChI=1S/C30H37N3O5/c1-31(24-13-11-23(12-14-24)22-9-10-22)30(37)32-16-15-21(18-27(32)29(35)36)19-28(34)33(25-6-3-2-4-7-25)26-8-5-17-38-20-26/h2-4,6-7,11-14,21-22,26-27H,5,8-10,15-20H2,1H3,(H,35,36). The van der Waals surface area contributed by atoms with Crippen LogP contribution in [0.4, 0.5) is 16.2 Å². The second kappa shape index (κ2) is 11.6. The Labute approximate surface area is 224 Å². The number of ether oxygens (including phenoxy) is 1. The Bertz CT molecular complexity index is 1130. The third kappa shape index (κ3) is 5.85. The van der Waals surface area contributed by atoms with E-state index in [-0.39, 0.29) is 36.7 Å². The van der Waals surface area contributed by atoms with E-state index in [0.29, 0.717) is 32.1 Å². The fourth-order valence-electron chi connectivity index (χ4n) is 5.80. The summed E-state index contributed by atoms with van der Waals surface area (Å²) >= 11 is 0. The van der Waals surface area contributed by atoms with Gasteiger partial charge in [0.1, 0.15) is 6.04 Å². The second-order valence-electron chi connectivity index (χ2n) is 10.8. The van der Waals surface area contributed by atoms with Crippen LogP contribution in [0.5, 0.6) is 0 Å². The Morgan fingerprint density at radius 2 is 1.71 bits per heavy atom. The Morgan fingerprint density at radius 1 is 0.974 bits per heavy atom. The largest absolute Gasteiger partial charge is 0.480 e. The minimum atomic E-state index is -1.03. The van der Waals surface area contributed by atoms with Crippen molar-refractivity contribution in [1.29, 1.82) is 0 Å². The van der Waals surface area contributed by atoms with Gasteiger partial charge < -0.3 is 19.6 Å². The molecule has 2 aromatic carbocycles. The van der Waals surface area contributed by atoms with Crippen molar-refractivity contribution in [1.82, 2.24) is 4.90 Å². The summed E-state index contributed by atoms with van der Waals surface area (Å²) in [7, 11) is 1.69. The molecule has 2 heterocycles. The lowest BCUT2D eigenvalue weighted by Gasteiger charge is -2.40. The van der Waals surface area contributed by atoms with Crippen LogP contribution in [0.25, 0.3) is 0 Å². The molecule has 5 rings (SSSR count). The van der Waals surface area contributed by atoms with E-state index < -0.39 is 12.0 Å². The van der Waals surface area contributed by atoms with Gasteiger partial charge in [-0.05, 0) is 80.2 Å². The zero-order valence-corrected chi connectivity index (χ0v) is 22.0. The van der Waals surface area contributed by atoms with Crippen molar-refractivity contribution < 1.29 is 24.2 Å². The van der Waals surface area contributed by atoms with Gasteiger partial charge in [0.05, 0.1) is 12.6 Å². The van der Waals surface area contributed by atoms with Crippen LogP contribution in [0.15, 0.2) is 54.6 Å². The van der Waals surface area contributed by atoms with Crippen molar-refractivity contribution in [3.63, 3.8) is 0 Å². The lowest BCUT2D eigenvalue weighted by Crippen LogP contribution is -2.54. The van der Waals surface area contributed by atoms with Crippen LogP contribution < -0.4 is 9.80 Å². The number of nitrogens with zero attached hydrogens (tertiary/aromatic N) is 3. The first-order valence-electron chi connectivity index (χ1n) is 13.7. The van der Waals surface area contributed by atoms with Gasteiger partial charge in [-0.25, -0.2) is 9.59 Å². The highest BCUT2D eigenvalue weighted by atomic mass is 16.5. The average molecular weight is 520 g/mol. The van der Waals surface area contributed by atoms with E-state index in [1.165, 1.54) is 28.2 Å². The topological polar surface area (TPSA) is 90.4 Å². The van der Waals surface area contributed by atoms with Gasteiger partial charge in [0, 0.05) is 38.0 Å². The number of hydrogen-bond acceptors (Lipinski definition) is 4. The van der Waals surface area contributed by atoms with Gasteiger partial charge in [0.15, 0.2) is 0 Å². The van der Waals surface area contributed by atoms with Crippen LogP contribution in [-0.2, 0) is 14.3 Å². The molecule has 2 aliphatic heterocycles. The van der Waals surface area contributed by atoms with E-state index in [2.05, 4.69) is 12.1 Å². The number of para-hydroxylation sites is 1. The van der Waals surface area contributed by atoms with Crippen LogP contribution in [0.2, 0.25) is 0 Å². The molecule has 2 saturated heterocycles. The molecule has 0 spiro atoms. The minimum Gasteiger partial charge on any atom is -0.480 e. The molecule has 3 unspecified atom stereocenters. The number of rotatable bonds is 7. The minimum absolute atomic E-state index is 0.0199. The number of likely N-dealkylation sites (tertiary alicyclic amines) is 1. The van der Waals surface area contributed by atoms with Crippen LogP contribution in [0, 0.1) is 5.92 Å². The summed E-state index contributed by atoms with van der Waals surface area (Å²) in [6.45, 7) is 1.51. The van der Waals surface area contributed by atoms with Crippen LogP contribution >= 0.6 is 0 Å². The molecule has 3 aliphatic rings. The predicted molar refractivity (Wildman–Crippen MR) is 145 cm³/mol. The van der Waals surface area contributed by atoms with Gasteiger partial charge >= 0.3 is 12.0 Å². The van der Waals surface area contributed by atoms with Crippen LogP contribution in [0.1, 0.15) is 56.4 Å². The smallest absolute Gasteiger partial charge is 0.326 e. The van der Waals surface area contributed by atoms with Gasteiger partial charge in [-0.3, -0.25) is 9.69 Å². The molecule has 1 saturated carbocycles. The molecule has 3 amide bonds.